The average molecular weight is 307 g/mol. The van der Waals surface area contributed by atoms with Gasteiger partial charge in [-0.3, -0.25) is 4.90 Å². The second-order valence-electron chi connectivity index (χ2n) is 6.28. The zero-order valence-electron chi connectivity index (χ0n) is 13.1. The molecule has 1 fully saturated rings. The second-order valence-corrected chi connectivity index (χ2v) is 6.28. The lowest BCUT2D eigenvalue weighted by atomic mass is 10.1. The van der Waals surface area contributed by atoms with Crippen LogP contribution in [0.3, 0.4) is 0 Å². The molecule has 3 aromatic rings. The van der Waals surface area contributed by atoms with E-state index in [2.05, 4.69) is 33.3 Å². The van der Waals surface area contributed by atoms with Gasteiger partial charge in [-0.15, -0.1) is 0 Å². The Morgan fingerprint density at radius 2 is 2.04 bits per heavy atom. The van der Waals surface area contributed by atoms with Gasteiger partial charge in [-0.2, -0.15) is 5.10 Å². The smallest absolute Gasteiger partial charge is 0.162 e. The number of hydrogen-bond donors (Lipinski definition) is 1. The summed E-state index contributed by atoms with van der Waals surface area (Å²) in [6.45, 7) is 3.91. The van der Waals surface area contributed by atoms with Crippen molar-refractivity contribution in [3.63, 3.8) is 0 Å². The van der Waals surface area contributed by atoms with Crippen LogP contribution in [0.4, 0.5) is 0 Å². The predicted molar refractivity (Wildman–Crippen MR) is 90.9 cm³/mol. The third-order valence-corrected chi connectivity index (χ3v) is 4.60. The minimum atomic E-state index is 0.640. The SMILES string of the molecule is NCC1CCN(Cc2cnc3c(-c4ccccc4)cnn3c2)C1. The molecule has 0 bridgehead atoms. The molecular formula is C18H21N5. The molecule has 1 aromatic carbocycles. The third kappa shape index (κ3) is 2.85. The summed E-state index contributed by atoms with van der Waals surface area (Å²) in [6, 6.07) is 10.3. The van der Waals surface area contributed by atoms with E-state index in [1.807, 2.05) is 35.1 Å². The molecule has 0 amide bonds. The molecule has 1 aliphatic heterocycles. The number of nitrogens with zero attached hydrogens (tertiary/aromatic N) is 4. The molecule has 0 saturated carbocycles. The Hall–Kier alpha value is -2.24. The summed E-state index contributed by atoms with van der Waals surface area (Å²) in [5, 5.41) is 4.48. The van der Waals surface area contributed by atoms with Gasteiger partial charge in [0.25, 0.3) is 0 Å². The van der Waals surface area contributed by atoms with Crippen LogP contribution in [-0.4, -0.2) is 39.1 Å². The minimum absolute atomic E-state index is 0.640. The van der Waals surface area contributed by atoms with Gasteiger partial charge in [0.2, 0.25) is 0 Å². The van der Waals surface area contributed by atoms with Crippen molar-refractivity contribution in [3.05, 3.63) is 54.5 Å². The van der Waals surface area contributed by atoms with Crippen LogP contribution in [0.25, 0.3) is 16.8 Å². The lowest BCUT2D eigenvalue weighted by molar-refractivity contribution is 0.317. The van der Waals surface area contributed by atoms with E-state index in [0.29, 0.717) is 5.92 Å². The van der Waals surface area contributed by atoms with Gasteiger partial charge in [-0.1, -0.05) is 30.3 Å². The summed E-state index contributed by atoms with van der Waals surface area (Å²) >= 11 is 0. The standard InChI is InChI=1S/C18H21N5/c19-8-14-6-7-22(11-14)12-15-9-20-18-17(10-21-23(18)13-15)16-4-2-1-3-5-16/h1-5,9-10,13-14H,6-8,11-12,19H2. The van der Waals surface area contributed by atoms with Crippen LogP contribution in [0.5, 0.6) is 0 Å². The predicted octanol–water partition coefficient (Wildman–Crippen LogP) is 2.18. The van der Waals surface area contributed by atoms with Gasteiger partial charge < -0.3 is 5.73 Å². The molecule has 118 valence electrons. The summed E-state index contributed by atoms with van der Waals surface area (Å²) in [5.41, 5.74) is 10.1. The molecule has 3 heterocycles. The molecule has 1 atom stereocenters. The zero-order valence-corrected chi connectivity index (χ0v) is 13.1. The van der Waals surface area contributed by atoms with Gasteiger partial charge >= 0.3 is 0 Å². The lowest BCUT2D eigenvalue weighted by Gasteiger charge is -2.15. The second kappa shape index (κ2) is 6.10. The summed E-state index contributed by atoms with van der Waals surface area (Å²) in [5.74, 6) is 0.640. The maximum atomic E-state index is 5.77. The normalized spacial score (nSPS) is 18.7. The van der Waals surface area contributed by atoms with E-state index in [1.165, 1.54) is 12.0 Å². The van der Waals surface area contributed by atoms with E-state index in [4.69, 9.17) is 5.73 Å². The quantitative estimate of drug-likeness (QED) is 0.802. The highest BCUT2D eigenvalue weighted by molar-refractivity contribution is 5.76. The number of fused-ring (bicyclic) bond motifs is 1. The third-order valence-electron chi connectivity index (χ3n) is 4.60. The lowest BCUT2D eigenvalue weighted by Crippen LogP contribution is -2.23. The minimum Gasteiger partial charge on any atom is -0.330 e. The topological polar surface area (TPSA) is 59.5 Å². The fourth-order valence-corrected chi connectivity index (χ4v) is 3.32. The van der Waals surface area contributed by atoms with Gasteiger partial charge in [-0.25, -0.2) is 9.50 Å². The van der Waals surface area contributed by atoms with E-state index in [-0.39, 0.29) is 0 Å². The van der Waals surface area contributed by atoms with Gasteiger partial charge in [0.1, 0.15) is 0 Å². The van der Waals surface area contributed by atoms with Crippen LogP contribution in [0, 0.1) is 5.92 Å². The van der Waals surface area contributed by atoms with Crippen molar-refractivity contribution in [2.24, 2.45) is 11.7 Å². The Morgan fingerprint density at radius 1 is 1.17 bits per heavy atom. The first-order chi connectivity index (χ1) is 11.3. The number of likely N-dealkylation sites (tertiary alicyclic amines) is 1. The Bertz CT molecular complexity index is 796. The summed E-state index contributed by atoms with van der Waals surface area (Å²) in [4.78, 5) is 7.09. The molecule has 5 heteroatoms. The first-order valence-corrected chi connectivity index (χ1v) is 8.13. The highest BCUT2D eigenvalue weighted by atomic mass is 15.2. The fraction of sp³-hybridized carbons (Fsp3) is 0.333. The highest BCUT2D eigenvalue weighted by Crippen LogP contribution is 2.23. The largest absolute Gasteiger partial charge is 0.330 e. The summed E-state index contributed by atoms with van der Waals surface area (Å²) in [7, 11) is 0. The molecular weight excluding hydrogens is 286 g/mol. The molecule has 0 aliphatic carbocycles. The number of rotatable bonds is 4. The Balaban J connectivity index is 1.58. The number of benzene rings is 1. The summed E-state index contributed by atoms with van der Waals surface area (Å²) < 4.78 is 1.88. The van der Waals surface area contributed by atoms with E-state index in [9.17, 15) is 0 Å². The van der Waals surface area contributed by atoms with Crippen molar-refractivity contribution in [2.75, 3.05) is 19.6 Å². The van der Waals surface area contributed by atoms with Gasteiger partial charge in [0, 0.05) is 36.6 Å². The Kier molecular flexibility index (Phi) is 3.81. The van der Waals surface area contributed by atoms with E-state index < -0.39 is 0 Å². The first kappa shape index (κ1) is 14.4. The van der Waals surface area contributed by atoms with Crippen LogP contribution in [-0.2, 0) is 6.54 Å². The van der Waals surface area contributed by atoms with E-state index in [1.54, 1.807) is 0 Å². The number of nitrogens with two attached hydrogens (primary N) is 1. The van der Waals surface area contributed by atoms with Crippen LogP contribution in [0.2, 0.25) is 0 Å². The molecule has 1 unspecified atom stereocenters. The maximum Gasteiger partial charge on any atom is 0.162 e. The van der Waals surface area contributed by atoms with Crippen molar-refractivity contribution in [3.8, 4) is 11.1 Å². The van der Waals surface area contributed by atoms with Crippen LogP contribution in [0.1, 0.15) is 12.0 Å². The maximum absolute atomic E-state index is 5.77. The van der Waals surface area contributed by atoms with E-state index in [0.717, 1.165) is 43.0 Å². The van der Waals surface area contributed by atoms with Gasteiger partial charge in [0.05, 0.1) is 6.20 Å². The van der Waals surface area contributed by atoms with Crippen LogP contribution < -0.4 is 5.73 Å². The van der Waals surface area contributed by atoms with Crippen LogP contribution >= 0.6 is 0 Å². The van der Waals surface area contributed by atoms with Crippen LogP contribution in [0.15, 0.2) is 48.9 Å². The van der Waals surface area contributed by atoms with Crippen molar-refractivity contribution in [1.82, 2.24) is 19.5 Å². The first-order valence-electron chi connectivity index (χ1n) is 8.13. The molecule has 4 rings (SSSR count). The van der Waals surface area contributed by atoms with Gasteiger partial charge in [0.15, 0.2) is 5.65 Å². The van der Waals surface area contributed by atoms with Crippen molar-refractivity contribution in [2.45, 2.75) is 13.0 Å². The molecule has 0 spiro atoms. The monoisotopic (exact) mass is 307 g/mol. The molecule has 0 radical (unpaired) electrons. The van der Waals surface area contributed by atoms with Gasteiger partial charge in [-0.05, 0) is 31.0 Å². The molecule has 23 heavy (non-hydrogen) atoms. The zero-order chi connectivity index (χ0) is 15.6. The fourth-order valence-electron chi connectivity index (χ4n) is 3.32. The molecule has 5 nitrogen and oxygen atoms in total. The van der Waals surface area contributed by atoms with Crippen molar-refractivity contribution < 1.29 is 0 Å². The molecule has 2 N–H and O–H groups in total. The Morgan fingerprint density at radius 3 is 2.83 bits per heavy atom. The van der Waals surface area contributed by atoms with E-state index >= 15 is 0 Å². The number of hydrogen-bond acceptors (Lipinski definition) is 4. The number of aromatic nitrogens is 3. The molecule has 1 saturated heterocycles. The summed E-state index contributed by atoms with van der Waals surface area (Å²) in [6.07, 6.45) is 7.15. The highest BCUT2D eigenvalue weighted by Gasteiger charge is 2.21. The molecule has 1 aliphatic rings. The average Bonchev–Trinajstić information content (AvgIpc) is 3.22. The van der Waals surface area contributed by atoms with Crippen molar-refractivity contribution >= 4 is 5.65 Å². The molecule has 2 aromatic heterocycles. The van der Waals surface area contributed by atoms with Crippen molar-refractivity contribution in [1.29, 1.82) is 0 Å². The Labute approximate surface area is 135 Å².